The molecule has 0 aliphatic rings. The van der Waals surface area contributed by atoms with Crippen LogP contribution in [0.15, 0.2) is 12.1 Å². The van der Waals surface area contributed by atoms with E-state index in [1.165, 1.54) is 0 Å². The van der Waals surface area contributed by atoms with Gasteiger partial charge < -0.3 is 10.6 Å². The van der Waals surface area contributed by atoms with E-state index in [1.54, 1.807) is 0 Å². The standard InChI is InChI=1S/C18H28N6O2/c1-13-11-15(3)23(21-13)9-5-7-19-17(25)18(26)20-8-6-10-24-16(4)12-14(2)22-24/h11-12H,5-10H2,1-4H3,(H,19,25)(H,20,26). The van der Waals surface area contributed by atoms with Crippen LogP contribution in [0.4, 0.5) is 0 Å². The smallest absolute Gasteiger partial charge is 0.309 e. The van der Waals surface area contributed by atoms with Crippen LogP contribution >= 0.6 is 0 Å². The first-order valence-electron chi connectivity index (χ1n) is 8.95. The second-order valence-corrected chi connectivity index (χ2v) is 6.52. The molecule has 8 heteroatoms. The van der Waals surface area contributed by atoms with Gasteiger partial charge in [0.2, 0.25) is 0 Å². The van der Waals surface area contributed by atoms with Crippen molar-refractivity contribution < 1.29 is 9.59 Å². The number of rotatable bonds is 8. The monoisotopic (exact) mass is 360 g/mol. The van der Waals surface area contributed by atoms with Crippen molar-refractivity contribution in [2.75, 3.05) is 13.1 Å². The molecule has 2 aromatic heterocycles. The van der Waals surface area contributed by atoms with Crippen molar-refractivity contribution in [1.29, 1.82) is 0 Å². The zero-order valence-electron chi connectivity index (χ0n) is 16.0. The largest absolute Gasteiger partial charge is 0.348 e. The summed E-state index contributed by atoms with van der Waals surface area (Å²) in [6, 6.07) is 4.02. The van der Waals surface area contributed by atoms with Gasteiger partial charge in [-0.05, 0) is 52.7 Å². The summed E-state index contributed by atoms with van der Waals surface area (Å²) in [4.78, 5) is 23.6. The lowest BCUT2D eigenvalue weighted by molar-refractivity contribution is -0.139. The van der Waals surface area contributed by atoms with E-state index in [1.807, 2.05) is 49.2 Å². The van der Waals surface area contributed by atoms with Gasteiger partial charge in [0, 0.05) is 37.6 Å². The number of aromatic nitrogens is 4. The first-order chi connectivity index (χ1) is 12.4. The van der Waals surface area contributed by atoms with Crippen LogP contribution in [0.25, 0.3) is 0 Å². The van der Waals surface area contributed by atoms with Crippen molar-refractivity contribution >= 4 is 11.8 Å². The molecule has 0 aromatic carbocycles. The third-order valence-electron chi connectivity index (χ3n) is 4.08. The summed E-state index contributed by atoms with van der Waals surface area (Å²) in [6.45, 7) is 10.2. The molecule has 0 saturated carbocycles. The van der Waals surface area contributed by atoms with Gasteiger partial charge in [0.25, 0.3) is 0 Å². The van der Waals surface area contributed by atoms with Crippen LogP contribution in [0, 0.1) is 27.7 Å². The second-order valence-electron chi connectivity index (χ2n) is 6.52. The van der Waals surface area contributed by atoms with Gasteiger partial charge in [0.05, 0.1) is 11.4 Å². The molecule has 0 aliphatic heterocycles. The molecule has 2 heterocycles. The van der Waals surface area contributed by atoms with Crippen LogP contribution in [0.3, 0.4) is 0 Å². The third kappa shape index (κ3) is 5.72. The first-order valence-corrected chi connectivity index (χ1v) is 8.95. The highest BCUT2D eigenvalue weighted by Gasteiger charge is 2.12. The predicted octanol–water partition coefficient (Wildman–Crippen LogP) is 1.03. The number of amides is 2. The Hall–Kier alpha value is -2.64. The highest BCUT2D eigenvalue weighted by atomic mass is 16.2. The van der Waals surface area contributed by atoms with Gasteiger partial charge in [0.1, 0.15) is 0 Å². The summed E-state index contributed by atoms with van der Waals surface area (Å²) in [5.41, 5.74) is 4.14. The van der Waals surface area contributed by atoms with E-state index in [0.717, 1.165) is 35.6 Å². The van der Waals surface area contributed by atoms with Gasteiger partial charge in [-0.1, -0.05) is 0 Å². The fourth-order valence-electron chi connectivity index (χ4n) is 2.82. The van der Waals surface area contributed by atoms with Crippen molar-refractivity contribution in [2.24, 2.45) is 0 Å². The second kappa shape index (κ2) is 9.17. The minimum Gasteiger partial charge on any atom is -0.348 e. The molecule has 2 rings (SSSR count). The molecule has 0 bridgehead atoms. The van der Waals surface area contributed by atoms with Crippen molar-refractivity contribution in [2.45, 2.75) is 53.6 Å². The van der Waals surface area contributed by atoms with Crippen molar-refractivity contribution in [3.8, 4) is 0 Å². The lowest BCUT2D eigenvalue weighted by Gasteiger charge is -2.08. The normalized spacial score (nSPS) is 10.8. The lowest BCUT2D eigenvalue weighted by Crippen LogP contribution is -2.41. The summed E-state index contributed by atoms with van der Waals surface area (Å²) in [5, 5.41) is 14.0. The summed E-state index contributed by atoms with van der Waals surface area (Å²) >= 11 is 0. The highest BCUT2D eigenvalue weighted by molar-refractivity contribution is 6.35. The minimum atomic E-state index is -0.593. The Morgan fingerprint density at radius 3 is 1.50 bits per heavy atom. The average molecular weight is 360 g/mol. The Kier molecular flexibility index (Phi) is 6.94. The van der Waals surface area contributed by atoms with Crippen LogP contribution < -0.4 is 10.6 Å². The Morgan fingerprint density at radius 2 is 1.19 bits per heavy atom. The van der Waals surface area contributed by atoms with E-state index >= 15 is 0 Å². The molecule has 0 unspecified atom stereocenters. The van der Waals surface area contributed by atoms with Crippen molar-refractivity contribution in [3.63, 3.8) is 0 Å². The summed E-state index contributed by atoms with van der Waals surface area (Å²) in [7, 11) is 0. The zero-order valence-corrected chi connectivity index (χ0v) is 16.0. The van der Waals surface area contributed by atoms with E-state index in [2.05, 4.69) is 20.8 Å². The molecule has 2 N–H and O–H groups in total. The minimum absolute atomic E-state index is 0.441. The molecule has 0 fully saturated rings. The van der Waals surface area contributed by atoms with Crippen LogP contribution in [0.1, 0.15) is 35.6 Å². The van der Waals surface area contributed by atoms with Gasteiger partial charge in [-0.25, -0.2) is 0 Å². The number of hydrogen-bond acceptors (Lipinski definition) is 4. The highest BCUT2D eigenvalue weighted by Crippen LogP contribution is 2.03. The molecule has 0 aliphatic carbocycles. The number of nitrogens with one attached hydrogen (secondary N) is 2. The number of carbonyl (C=O) groups excluding carboxylic acids is 2. The molecule has 26 heavy (non-hydrogen) atoms. The summed E-state index contributed by atoms with van der Waals surface area (Å²) < 4.78 is 3.81. The fourth-order valence-corrected chi connectivity index (χ4v) is 2.82. The van der Waals surface area contributed by atoms with E-state index in [0.29, 0.717) is 26.2 Å². The van der Waals surface area contributed by atoms with Crippen LogP contribution in [0.2, 0.25) is 0 Å². The van der Waals surface area contributed by atoms with Gasteiger partial charge >= 0.3 is 11.8 Å². The van der Waals surface area contributed by atoms with Crippen LogP contribution in [0.5, 0.6) is 0 Å². The van der Waals surface area contributed by atoms with Crippen molar-refractivity contribution in [3.05, 3.63) is 34.9 Å². The molecule has 0 spiro atoms. The van der Waals surface area contributed by atoms with E-state index in [9.17, 15) is 9.59 Å². The Balaban J connectivity index is 1.59. The van der Waals surface area contributed by atoms with Crippen LogP contribution in [-0.4, -0.2) is 44.5 Å². The molecular formula is C18H28N6O2. The SMILES string of the molecule is Cc1cc(C)n(CCCNC(=O)C(=O)NCCCn2nc(C)cc2C)n1. The first kappa shape index (κ1) is 19.7. The van der Waals surface area contributed by atoms with Gasteiger partial charge in [-0.15, -0.1) is 0 Å². The maximum atomic E-state index is 11.8. The predicted molar refractivity (Wildman–Crippen MR) is 98.7 cm³/mol. The number of hydrogen-bond donors (Lipinski definition) is 2. The summed E-state index contributed by atoms with van der Waals surface area (Å²) in [6.07, 6.45) is 1.44. The molecule has 2 aromatic rings. The quantitative estimate of drug-likeness (QED) is 0.543. The van der Waals surface area contributed by atoms with Gasteiger partial charge in [0.15, 0.2) is 0 Å². The molecular weight excluding hydrogens is 332 g/mol. The number of nitrogens with zero attached hydrogens (tertiary/aromatic N) is 4. The van der Waals surface area contributed by atoms with Gasteiger partial charge in [-0.3, -0.25) is 19.0 Å². The average Bonchev–Trinajstić information content (AvgIpc) is 3.07. The molecule has 2 amide bonds. The number of carbonyl (C=O) groups is 2. The maximum absolute atomic E-state index is 11.8. The molecule has 0 atom stereocenters. The molecule has 0 radical (unpaired) electrons. The van der Waals surface area contributed by atoms with E-state index < -0.39 is 11.8 Å². The Labute approximate surface area is 154 Å². The molecule has 0 saturated heterocycles. The Morgan fingerprint density at radius 1 is 0.808 bits per heavy atom. The molecule has 8 nitrogen and oxygen atoms in total. The van der Waals surface area contributed by atoms with Crippen molar-refractivity contribution in [1.82, 2.24) is 30.2 Å². The lowest BCUT2D eigenvalue weighted by atomic mass is 10.3. The Bertz CT molecular complexity index is 698. The van der Waals surface area contributed by atoms with Crippen LogP contribution in [-0.2, 0) is 22.7 Å². The van der Waals surface area contributed by atoms with E-state index in [-0.39, 0.29) is 0 Å². The van der Waals surface area contributed by atoms with Gasteiger partial charge in [-0.2, -0.15) is 10.2 Å². The fraction of sp³-hybridized carbons (Fsp3) is 0.556. The summed E-state index contributed by atoms with van der Waals surface area (Å²) in [5.74, 6) is -1.19. The number of aryl methyl sites for hydroxylation is 6. The van der Waals surface area contributed by atoms with E-state index in [4.69, 9.17) is 0 Å². The maximum Gasteiger partial charge on any atom is 0.309 e. The molecule has 142 valence electrons. The zero-order chi connectivity index (χ0) is 19.1. The topological polar surface area (TPSA) is 93.8 Å². The third-order valence-corrected chi connectivity index (χ3v) is 4.08.